The maximum absolute atomic E-state index is 4.74. The van der Waals surface area contributed by atoms with Crippen molar-refractivity contribution >= 4 is 34.0 Å². The molecule has 57 heavy (non-hydrogen) atoms. The second kappa shape index (κ2) is 14.4. The summed E-state index contributed by atoms with van der Waals surface area (Å²) in [5.41, 5.74) is 13.7. The quantitative estimate of drug-likeness (QED) is 0.144. The second-order valence-corrected chi connectivity index (χ2v) is 13.8. The Morgan fingerprint density at radius 2 is 1.32 bits per heavy atom. The third-order valence-corrected chi connectivity index (χ3v) is 10.4. The van der Waals surface area contributed by atoms with Crippen molar-refractivity contribution in [3.05, 3.63) is 194 Å². The van der Waals surface area contributed by atoms with Gasteiger partial charge in [-0.2, -0.15) is 0 Å². The van der Waals surface area contributed by atoms with Crippen LogP contribution in [0, 0.1) is 6.92 Å². The van der Waals surface area contributed by atoms with Crippen LogP contribution in [0.3, 0.4) is 0 Å². The Morgan fingerprint density at radius 1 is 0.509 bits per heavy atom. The van der Waals surface area contributed by atoms with E-state index in [0.717, 1.165) is 83.8 Å². The summed E-state index contributed by atoms with van der Waals surface area (Å²) in [5.74, 6) is 1.50. The molecule has 0 unspecified atom stereocenters. The smallest absolute Gasteiger partial charge is 0.164 e. The molecule has 8 nitrogen and oxygen atoms in total. The lowest BCUT2D eigenvalue weighted by molar-refractivity contribution is 1.05. The van der Waals surface area contributed by atoms with Crippen molar-refractivity contribution < 1.29 is 0 Å². The Hall–Kier alpha value is -7.84. The van der Waals surface area contributed by atoms with E-state index < -0.39 is 0 Å². The zero-order valence-corrected chi connectivity index (χ0v) is 31.0. The van der Waals surface area contributed by atoms with Crippen LogP contribution in [0.1, 0.15) is 16.8 Å². The molecule has 5 aromatic carbocycles. The molecule has 0 amide bonds. The number of para-hydroxylation sites is 1. The summed E-state index contributed by atoms with van der Waals surface area (Å²) in [5, 5.41) is 2.32. The molecular formula is C49H34N8. The number of aryl methyl sites for hydroxylation is 1. The Morgan fingerprint density at radius 3 is 2.23 bits per heavy atom. The molecule has 0 fully saturated rings. The van der Waals surface area contributed by atoms with Gasteiger partial charge in [-0.3, -0.25) is 14.5 Å². The summed E-state index contributed by atoms with van der Waals surface area (Å²) in [6.07, 6.45) is 16.9. The predicted octanol–water partition coefficient (Wildman–Crippen LogP) is 11.1. The van der Waals surface area contributed by atoms with Gasteiger partial charge in [-0.25, -0.2) is 19.9 Å². The van der Waals surface area contributed by atoms with E-state index in [1.165, 1.54) is 18.0 Å². The van der Waals surface area contributed by atoms with Gasteiger partial charge in [0.1, 0.15) is 18.5 Å². The highest BCUT2D eigenvalue weighted by Crippen LogP contribution is 2.36. The number of imidazole rings is 1. The third kappa shape index (κ3) is 6.35. The maximum atomic E-state index is 4.74. The molecular weight excluding hydrogens is 701 g/mol. The van der Waals surface area contributed by atoms with Gasteiger partial charge in [0.25, 0.3) is 0 Å². The summed E-state index contributed by atoms with van der Waals surface area (Å²) in [6, 6.07) is 46.9. The van der Waals surface area contributed by atoms with Gasteiger partial charge in [-0.05, 0) is 89.3 Å². The van der Waals surface area contributed by atoms with Crippen LogP contribution < -0.4 is 0 Å². The number of hydrogen-bond donors (Lipinski definition) is 0. The van der Waals surface area contributed by atoms with Crippen LogP contribution in [0.4, 0.5) is 0 Å². The molecule has 0 aliphatic heterocycles. The van der Waals surface area contributed by atoms with E-state index in [1.54, 1.807) is 0 Å². The molecule has 0 saturated carbocycles. The number of aromatic nitrogens is 8. The van der Waals surface area contributed by atoms with Crippen LogP contribution >= 0.6 is 0 Å². The summed E-state index contributed by atoms with van der Waals surface area (Å²) in [4.78, 5) is 26.6. The average Bonchev–Trinajstić information content (AvgIpc) is 3.90. The van der Waals surface area contributed by atoms with E-state index in [2.05, 4.69) is 156 Å². The maximum Gasteiger partial charge on any atom is 0.164 e. The first-order valence-corrected chi connectivity index (χ1v) is 18.7. The molecule has 0 radical (unpaired) electrons. The number of rotatable bonds is 8. The highest BCUT2D eigenvalue weighted by Gasteiger charge is 2.16. The van der Waals surface area contributed by atoms with Gasteiger partial charge >= 0.3 is 0 Å². The van der Waals surface area contributed by atoms with Crippen molar-refractivity contribution in [1.29, 1.82) is 0 Å². The number of pyridine rings is 2. The zero-order valence-electron chi connectivity index (χ0n) is 31.0. The zero-order chi connectivity index (χ0) is 38.1. The lowest BCUT2D eigenvalue weighted by Crippen LogP contribution is -1.96. The monoisotopic (exact) mass is 734 g/mol. The summed E-state index contributed by atoms with van der Waals surface area (Å²) >= 11 is 0. The molecule has 5 heterocycles. The third-order valence-electron chi connectivity index (χ3n) is 10.4. The predicted molar refractivity (Wildman–Crippen MR) is 229 cm³/mol. The normalized spacial score (nSPS) is 11.5. The van der Waals surface area contributed by atoms with E-state index >= 15 is 0 Å². The molecule has 0 bridgehead atoms. The van der Waals surface area contributed by atoms with Crippen LogP contribution in [0.25, 0.3) is 90.4 Å². The van der Waals surface area contributed by atoms with E-state index in [4.69, 9.17) is 9.97 Å². The van der Waals surface area contributed by atoms with Gasteiger partial charge in [0.15, 0.2) is 5.82 Å². The molecule has 10 aromatic rings. The number of nitrogens with zero attached hydrogens (tertiary/aromatic N) is 8. The first kappa shape index (κ1) is 33.7. The fourth-order valence-electron chi connectivity index (χ4n) is 7.64. The van der Waals surface area contributed by atoms with Crippen LogP contribution in [-0.2, 0) is 0 Å². The minimum atomic E-state index is 0.595. The second-order valence-electron chi connectivity index (χ2n) is 13.8. The lowest BCUT2D eigenvalue weighted by atomic mass is 9.96. The van der Waals surface area contributed by atoms with E-state index in [-0.39, 0.29) is 0 Å². The SMILES string of the molecule is Cc1ncc(-c2ncncn2)cc1-c1ccccc1/C=C\c1cccc(-n2c3ccc(-c4cccc(-c5nccn5-c5ccccc5)c4)cc3c3ccncc32)c1. The first-order chi connectivity index (χ1) is 28.2. The molecule has 5 aromatic heterocycles. The minimum absolute atomic E-state index is 0.595. The van der Waals surface area contributed by atoms with Gasteiger partial charge in [0.2, 0.25) is 0 Å². The first-order valence-electron chi connectivity index (χ1n) is 18.7. The largest absolute Gasteiger partial charge is 0.308 e. The lowest BCUT2D eigenvalue weighted by Gasteiger charge is -2.11. The molecule has 8 heteroatoms. The molecule has 0 spiro atoms. The van der Waals surface area contributed by atoms with Gasteiger partial charge in [0, 0.05) is 69.3 Å². The van der Waals surface area contributed by atoms with E-state index in [9.17, 15) is 0 Å². The van der Waals surface area contributed by atoms with Gasteiger partial charge in [0.05, 0.1) is 17.2 Å². The molecule has 0 N–H and O–H groups in total. The summed E-state index contributed by atoms with van der Waals surface area (Å²) in [6.45, 7) is 2.03. The van der Waals surface area contributed by atoms with Gasteiger partial charge < -0.3 is 4.57 Å². The van der Waals surface area contributed by atoms with Crippen LogP contribution in [0.5, 0.6) is 0 Å². The van der Waals surface area contributed by atoms with E-state index in [1.807, 2.05) is 56.1 Å². The highest BCUT2D eigenvalue weighted by molar-refractivity contribution is 6.10. The minimum Gasteiger partial charge on any atom is -0.308 e. The number of fused-ring (bicyclic) bond motifs is 3. The topological polar surface area (TPSA) is 87.2 Å². The van der Waals surface area contributed by atoms with Crippen molar-refractivity contribution in [3.8, 4) is 56.4 Å². The van der Waals surface area contributed by atoms with Crippen LogP contribution in [-0.4, -0.2) is 39.0 Å². The van der Waals surface area contributed by atoms with Crippen LogP contribution in [0.2, 0.25) is 0 Å². The molecule has 10 rings (SSSR count). The fraction of sp³-hybridized carbons (Fsp3) is 0.0204. The Bertz CT molecular complexity index is 3090. The number of hydrogen-bond acceptors (Lipinski definition) is 6. The molecule has 0 aliphatic carbocycles. The molecule has 0 aliphatic rings. The Labute approximate surface area is 329 Å². The standard InChI is InChI=1S/C49H34N8/c1-33-44(28-39(29-53-33)48-54-31-51-32-55-48)42-16-6-5-10-35(42)18-17-34-9-7-15-41(25-34)57-46-20-19-37(27-45(46)43-21-22-50-30-47(43)57)36-11-8-12-38(26-36)49-52-23-24-56(49)40-13-3-2-4-14-40/h2-32H,1H3/b18-17-. The molecule has 0 saturated heterocycles. The van der Waals surface area contributed by atoms with Crippen LogP contribution in [0.15, 0.2) is 177 Å². The van der Waals surface area contributed by atoms with Gasteiger partial charge in [-0.1, -0.05) is 91.0 Å². The van der Waals surface area contributed by atoms with Crippen molar-refractivity contribution in [2.75, 3.05) is 0 Å². The van der Waals surface area contributed by atoms with Crippen molar-refractivity contribution in [1.82, 2.24) is 39.0 Å². The van der Waals surface area contributed by atoms with E-state index in [0.29, 0.717) is 5.82 Å². The fourth-order valence-corrected chi connectivity index (χ4v) is 7.64. The summed E-state index contributed by atoms with van der Waals surface area (Å²) in [7, 11) is 0. The van der Waals surface area contributed by atoms with Crippen molar-refractivity contribution in [2.45, 2.75) is 6.92 Å². The van der Waals surface area contributed by atoms with Gasteiger partial charge in [-0.15, -0.1) is 0 Å². The van der Waals surface area contributed by atoms with Crippen molar-refractivity contribution in [2.24, 2.45) is 0 Å². The Kier molecular flexibility index (Phi) is 8.53. The highest BCUT2D eigenvalue weighted by atomic mass is 15.1. The molecule has 270 valence electrons. The summed E-state index contributed by atoms with van der Waals surface area (Å²) < 4.78 is 4.43. The molecule has 0 atom stereocenters. The van der Waals surface area contributed by atoms with Crippen molar-refractivity contribution in [3.63, 3.8) is 0 Å². The number of benzene rings is 5. The Balaban J connectivity index is 1.00. The average molecular weight is 735 g/mol.